The van der Waals surface area contributed by atoms with Gasteiger partial charge in [0.15, 0.2) is 17.6 Å². The number of ether oxygens (including phenoxy) is 4. The maximum atomic E-state index is 12.5. The van der Waals surface area contributed by atoms with Gasteiger partial charge in [-0.1, -0.05) is 23.7 Å². The van der Waals surface area contributed by atoms with Gasteiger partial charge in [-0.15, -0.1) is 0 Å². The molecular weight excluding hydrogens is 374 g/mol. The first-order chi connectivity index (χ1) is 13.0. The van der Waals surface area contributed by atoms with Crippen molar-refractivity contribution >= 4 is 29.2 Å². The van der Waals surface area contributed by atoms with E-state index in [1.807, 2.05) is 0 Å². The molecule has 7 nitrogen and oxygen atoms in total. The number of nitrogens with one attached hydrogen (secondary N) is 1. The maximum absolute atomic E-state index is 12.5. The van der Waals surface area contributed by atoms with Crippen LogP contribution in [0.2, 0.25) is 5.02 Å². The molecule has 0 aliphatic carbocycles. The lowest BCUT2D eigenvalue weighted by Gasteiger charge is -2.21. The van der Waals surface area contributed by atoms with Gasteiger partial charge in [-0.25, -0.2) is 4.79 Å². The Kier molecular flexibility index (Phi) is 5.71. The van der Waals surface area contributed by atoms with E-state index in [0.717, 1.165) is 0 Å². The summed E-state index contributed by atoms with van der Waals surface area (Å²) in [6.07, 6.45) is -1.03. The Hall–Kier alpha value is -2.93. The normalized spacial score (nSPS) is 13.4. The second-order valence-corrected chi connectivity index (χ2v) is 6.13. The maximum Gasteiger partial charge on any atom is 0.339 e. The van der Waals surface area contributed by atoms with Gasteiger partial charge < -0.3 is 24.3 Å². The monoisotopic (exact) mass is 391 g/mol. The lowest BCUT2D eigenvalue weighted by Crippen LogP contribution is -2.30. The average molecular weight is 392 g/mol. The van der Waals surface area contributed by atoms with Crippen LogP contribution in [0.15, 0.2) is 36.4 Å². The Bertz CT molecular complexity index is 852. The van der Waals surface area contributed by atoms with Crippen molar-refractivity contribution in [3.63, 3.8) is 0 Å². The first-order valence-corrected chi connectivity index (χ1v) is 8.61. The minimum atomic E-state index is -1.03. The van der Waals surface area contributed by atoms with E-state index in [0.29, 0.717) is 41.2 Å². The number of halogens is 1. The molecule has 0 fully saturated rings. The van der Waals surface area contributed by atoms with Gasteiger partial charge in [0.2, 0.25) is 5.75 Å². The van der Waals surface area contributed by atoms with Crippen LogP contribution < -0.4 is 19.5 Å². The highest BCUT2D eigenvalue weighted by Gasteiger charge is 2.24. The van der Waals surface area contributed by atoms with Crippen molar-refractivity contribution < 1.29 is 28.5 Å². The van der Waals surface area contributed by atoms with Gasteiger partial charge >= 0.3 is 5.97 Å². The summed E-state index contributed by atoms with van der Waals surface area (Å²) in [4.78, 5) is 24.7. The first-order valence-electron chi connectivity index (χ1n) is 8.23. The zero-order valence-electron chi connectivity index (χ0n) is 14.8. The average Bonchev–Trinajstić information content (AvgIpc) is 2.68. The molecule has 1 heterocycles. The van der Waals surface area contributed by atoms with Crippen LogP contribution in [0.4, 0.5) is 5.69 Å². The molecule has 3 rings (SSSR count). The van der Waals surface area contributed by atoms with Crippen molar-refractivity contribution in [1.82, 2.24) is 0 Å². The summed E-state index contributed by atoms with van der Waals surface area (Å²) in [6, 6.07) is 9.76. The van der Waals surface area contributed by atoms with E-state index in [4.69, 9.17) is 30.5 Å². The third-order valence-corrected chi connectivity index (χ3v) is 4.18. The number of anilines is 1. The van der Waals surface area contributed by atoms with Gasteiger partial charge in [-0.3, -0.25) is 4.79 Å². The fourth-order valence-electron chi connectivity index (χ4n) is 2.47. The lowest BCUT2D eigenvalue weighted by atomic mass is 10.1. The molecule has 1 N–H and O–H groups in total. The SMILES string of the molecule is COc1cc(C(=O)O[C@@H](C)C(=O)Nc2ccccc2Cl)cc2c1OCCO2. The highest BCUT2D eigenvalue weighted by atomic mass is 35.5. The zero-order chi connectivity index (χ0) is 19.4. The van der Waals surface area contributed by atoms with Gasteiger partial charge in [0.1, 0.15) is 13.2 Å². The summed E-state index contributed by atoms with van der Waals surface area (Å²) in [7, 11) is 1.46. The molecular formula is C19H18ClNO6. The summed E-state index contributed by atoms with van der Waals surface area (Å²) >= 11 is 6.01. The molecule has 2 aromatic rings. The molecule has 1 atom stereocenters. The van der Waals surface area contributed by atoms with E-state index in [9.17, 15) is 9.59 Å². The second-order valence-electron chi connectivity index (χ2n) is 5.72. The van der Waals surface area contributed by atoms with Gasteiger partial charge in [0.05, 0.1) is 23.4 Å². The highest BCUT2D eigenvalue weighted by Crippen LogP contribution is 2.40. The standard InChI is InChI=1S/C19H18ClNO6/c1-11(18(22)21-14-6-4-3-5-13(14)20)27-19(23)12-9-15(24-2)17-16(10-12)25-7-8-26-17/h3-6,9-11H,7-8H2,1-2H3,(H,21,22)/t11-/m0/s1. The molecule has 2 aromatic carbocycles. The molecule has 0 radical (unpaired) electrons. The Balaban J connectivity index is 1.71. The number of carbonyl (C=O) groups excluding carboxylic acids is 2. The van der Waals surface area contributed by atoms with E-state index in [1.165, 1.54) is 26.2 Å². The number of hydrogen-bond acceptors (Lipinski definition) is 6. The van der Waals surface area contributed by atoms with Crippen LogP contribution in [0.1, 0.15) is 17.3 Å². The summed E-state index contributed by atoms with van der Waals surface area (Å²) in [5.41, 5.74) is 0.626. The molecule has 0 unspecified atom stereocenters. The van der Waals surface area contributed by atoms with Gasteiger partial charge in [-0.2, -0.15) is 0 Å². The number of fused-ring (bicyclic) bond motifs is 1. The molecule has 1 aliphatic rings. The molecule has 1 aliphatic heterocycles. The van der Waals surface area contributed by atoms with E-state index in [2.05, 4.69) is 5.32 Å². The van der Waals surface area contributed by atoms with E-state index in [1.54, 1.807) is 24.3 Å². The number of hydrogen-bond donors (Lipinski definition) is 1. The van der Waals surface area contributed by atoms with Crippen molar-refractivity contribution in [3.8, 4) is 17.2 Å². The third-order valence-electron chi connectivity index (χ3n) is 3.85. The van der Waals surface area contributed by atoms with E-state index < -0.39 is 18.0 Å². The number of carbonyl (C=O) groups is 2. The molecule has 0 aromatic heterocycles. The van der Waals surface area contributed by atoms with Crippen LogP contribution in [0.3, 0.4) is 0 Å². The van der Waals surface area contributed by atoms with Crippen LogP contribution in [-0.2, 0) is 9.53 Å². The van der Waals surface area contributed by atoms with Crippen molar-refractivity contribution in [2.75, 3.05) is 25.6 Å². The molecule has 142 valence electrons. The number of benzene rings is 2. The summed E-state index contributed by atoms with van der Waals surface area (Å²) in [5, 5.41) is 3.01. The van der Waals surface area contributed by atoms with E-state index in [-0.39, 0.29) is 5.56 Å². The quantitative estimate of drug-likeness (QED) is 0.787. The minimum Gasteiger partial charge on any atom is -0.493 e. The predicted molar refractivity (Wildman–Crippen MR) is 98.9 cm³/mol. The Morgan fingerprint density at radius 3 is 2.67 bits per heavy atom. The van der Waals surface area contributed by atoms with Gasteiger partial charge in [-0.05, 0) is 31.2 Å². The number of esters is 1. The molecule has 0 saturated carbocycles. The summed E-state index contributed by atoms with van der Waals surface area (Å²) < 4.78 is 21.5. The fraction of sp³-hybridized carbons (Fsp3) is 0.263. The van der Waals surface area contributed by atoms with Crippen LogP contribution in [-0.4, -0.2) is 38.3 Å². The number of para-hydroxylation sites is 1. The first kappa shape index (κ1) is 18.8. The molecule has 1 amide bonds. The van der Waals surface area contributed by atoms with Crippen molar-refractivity contribution in [1.29, 1.82) is 0 Å². The van der Waals surface area contributed by atoms with Gasteiger partial charge in [0.25, 0.3) is 5.91 Å². The minimum absolute atomic E-state index is 0.188. The molecule has 27 heavy (non-hydrogen) atoms. The van der Waals surface area contributed by atoms with Crippen molar-refractivity contribution in [2.24, 2.45) is 0 Å². The topological polar surface area (TPSA) is 83.1 Å². The Labute approximate surface area is 161 Å². The predicted octanol–water partition coefficient (Wildman–Crippen LogP) is 3.30. The van der Waals surface area contributed by atoms with Gasteiger partial charge in [0, 0.05) is 0 Å². The van der Waals surface area contributed by atoms with Crippen molar-refractivity contribution in [2.45, 2.75) is 13.0 Å². The number of rotatable bonds is 5. The molecule has 0 spiro atoms. The second kappa shape index (κ2) is 8.18. The Morgan fingerprint density at radius 2 is 1.93 bits per heavy atom. The molecule has 0 saturated heterocycles. The number of amides is 1. The Morgan fingerprint density at radius 1 is 1.19 bits per heavy atom. The highest BCUT2D eigenvalue weighted by molar-refractivity contribution is 6.33. The lowest BCUT2D eigenvalue weighted by molar-refractivity contribution is -0.123. The van der Waals surface area contributed by atoms with E-state index >= 15 is 0 Å². The van der Waals surface area contributed by atoms with Crippen LogP contribution in [0.25, 0.3) is 0 Å². The molecule has 8 heteroatoms. The molecule has 0 bridgehead atoms. The zero-order valence-corrected chi connectivity index (χ0v) is 15.5. The summed E-state index contributed by atoms with van der Waals surface area (Å²) in [6.45, 7) is 2.23. The third kappa shape index (κ3) is 4.25. The van der Waals surface area contributed by atoms with Crippen LogP contribution in [0.5, 0.6) is 17.2 Å². The van der Waals surface area contributed by atoms with Crippen LogP contribution in [0, 0.1) is 0 Å². The summed E-state index contributed by atoms with van der Waals surface area (Å²) in [5.74, 6) is -0.00843. The largest absolute Gasteiger partial charge is 0.493 e. The fourth-order valence-corrected chi connectivity index (χ4v) is 2.65. The number of methoxy groups -OCH3 is 1. The smallest absolute Gasteiger partial charge is 0.339 e. The van der Waals surface area contributed by atoms with Crippen molar-refractivity contribution in [3.05, 3.63) is 47.0 Å². The van der Waals surface area contributed by atoms with Crippen LogP contribution >= 0.6 is 11.6 Å².